The van der Waals surface area contributed by atoms with E-state index in [1.165, 1.54) is 38.5 Å². The van der Waals surface area contributed by atoms with Crippen LogP contribution in [0.2, 0.25) is 0 Å². The highest BCUT2D eigenvalue weighted by Gasteiger charge is 2.23. The first-order valence-corrected chi connectivity index (χ1v) is 7.43. The van der Waals surface area contributed by atoms with Crippen molar-refractivity contribution in [2.45, 2.75) is 80.1 Å². The fraction of sp³-hybridized carbons (Fsp3) is 1.00. The maximum absolute atomic E-state index is 3.92. The highest BCUT2D eigenvalue weighted by Crippen LogP contribution is 2.35. The Morgan fingerprint density at radius 1 is 0.765 bits per heavy atom. The van der Waals surface area contributed by atoms with Crippen LogP contribution in [0.25, 0.3) is 0 Å². The zero-order valence-electron chi connectivity index (χ0n) is 13.2. The van der Waals surface area contributed by atoms with E-state index in [2.05, 4.69) is 47.3 Å². The van der Waals surface area contributed by atoms with E-state index in [1.807, 2.05) is 0 Å². The molecule has 0 aromatic rings. The van der Waals surface area contributed by atoms with E-state index in [0.717, 1.165) is 12.5 Å². The summed E-state index contributed by atoms with van der Waals surface area (Å²) in [6, 6.07) is 0. The Morgan fingerprint density at radius 2 is 1.24 bits per heavy atom. The van der Waals surface area contributed by atoms with Crippen molar-refractivity contribution in [3.05, 3.63) is 0 Å². The summed E-state index contributed by atoms with van der Waals surface area (Å²) < 4.78 is 0. The molecule has 0 fully saturated rings. The molecule has 17 heavy (non-hydrogen) atoms. The Labute approximate surface area is 110 Å². The first-order valence-electron chi connectivity index (χ1n) is 7.43. The summed E-state index contributed by atoms with van der Waals surface area (Å²) in [6.07, 6.45) is 8.22. The van der Waals surface area contributed by atoms with Crippen LogP contribution in [0, 0.1) is 16.7 Å². The van der Waals surface area contributed by atoms with E-state index in [0.29, 0.717) is 10.8 Å². The second kappa shape index (κ2) is 7.41. The third-order valence-electron chi connectivity index (χ3n) is 3.16. The molecule has 0 atom stereocenters. The van der Waals surface area contributed by atoms with Gasteiger partial charge in [-0.25, -0.2) is 0 Å². The standard InChI is InChI=1S/C16H35N/c1-15(2,3)12-14(13-16(4,5)6)10-8-7-9-11-17/h14H,7-13,17H2,1-6H3/p+1. The third-order valence-corrected chi connectivity index (χ3v) is 3.16. The van der Waals surface area contributed by atoms with Crippen LogP contribution < -0.4 is 5.73 Å². The Balaban J connectivity index is 4.12. The molecule has 3 N–H and O–H groups in total. The van der Waals surface area contributed by atoms with Gasteiger partial charge in [0.05, 0.1) is 6.54 Å². The maximum atomic E-state index is 3.92. The average molecular weight is 242 g/mol. The van der Waals surface area contributed by atoms with Crippen LogP contribution in [0.15, 0.2) is 0 Å². The summed E-state index contributed by atoms with van der Waals surface area (Å²) in [6.45, 7) is 15.3. The second-order valence-corrected chi connectivity index (χ2v) is 8.10. The molecule has 0 aromatic heterocycles. The molecule has 0 spiro atoms. The van der Waals surface area contributed by atoms with E-state index in [4.69, 9.17) is 0 Å². The molecule has 0 unspecified atom stereocenters. The largest absolute Gasteiger partial charge is 0.358 e. The molecule has 1 heteroatoms. The van der Waals surface area contributed by atoms with Gasteiger partial charge in [-0.05, 0) is 42.4 Å². The molecule has 0 saturated heterocycles. The molecule has 0 amide bonds. The topological polar surface area (TPSA) is 27.6 Å². The normalized spacial score (nSPS) is 13.4. The van der Waals surface area contributed by atoms with Gasteiger partial charge >= 0.3 is 0 Å². The molecule has 0 aliphatic heterocycles. The number of hydrogen-bond donors (Lipinski definition) is 1. The van der Waals surface area contributed by atoms with Crippen molar-refractivity contribution in [1.29, 1.82) is 0 Å². The lowest BCUT2D eigenvalue weighted by Gasteiger charge is -2.31. The molecule has 1 nitrogen and oxygen atoms in total. The lowest BCUT2D eigenvalue weighted by Crippen LogP contribution is -2.50. The van der Waals surface area contributed by atoms with E-state index in [1.54, 1.807) is 0 Å². The summed E-state index contributed by atoms with van der Waals surface area (Å²) in [7, 11) is 0. The van der Waals surface area contributed by atoms with Crippen molar-refractivity contribution in [1.82, 2.24) is 0 Å². The van der Waals surface area contributed by atoms with E-state index >= 15 is 0 Å². The first kappa shape index (κ1) is 17.0. The van der Waals surface area contributed by atoms with E-state index in [9.17, 15) is 0 Å². The quantitative estimate of drug-likeness (QED) is 0.646. The zero-order chi connectivity index (χ0) is 13.5. The van der Waals surface area contributed by atoms with Crippen LogP contribution in [0.5, 0.6) is 0 Å². The van der Waals surface area contributed by atoms with Gasteiger partial charge in [0.25, 0.3) is 0 Å². The van der Waals surface area contributed by atoms with Gasteiger partial charge in [-0.3, -0.25) is 0 Å². The van der Waals surface area contributed by atoms with Crippen LogP contribution in [0.3, 0.4) is 0 Å². The van der Waals surface area contributed by atoms with Gasteiger partial charge in [0.1, 0.15) is 0 Å². The lowest BCUT2D eigenvalue weighted by molar-refractivity contribution is -0.368. The smallest absolute Gasteiger partial charge is 0.0739 e. The van der Waals surface area contributed by atoms with Crippen LogP contribution >= 0.6 is 0 Å². The average Bonchev–Trinajstić information content (AvgIpc) is 2.06. The Morgan fingerprint density at radius 3 is 1.59 bits per heavy atom. The van der Waals surface area contributed by atoms with Crippen LogP contribution in [-0.2, 0) is 0 Å². The van der Waals surface area contributed by atoms with E-state index in [-0.39, 0.29) is 0 Å². The lowest BCUT2D eigenvalue weighted by atomic mass is 9.75. The second-order valence-electron chi connectivity index (χ2n) is 8.10. The third kappa shape index (κ3) is 12.2. The van der Waals surface area contributed by atoms with Crippen molar-refractivity contribution in [3.8, 4) is 0 Å². The molecule has 104 valence electrons. The minimum Gasteiger partial charge on any atom is -0.358 e. The summed E-state index contributed by atoms with van der Waals surface area (Å²) in [5.41, 5.74) is 4.87. The molecule has 0 bridgehead atoms. The number of hydrogen-bond acceptors (Lipinski definition) is 0. The molecule has 0 aliphatic carbocycles. The number of rotatable bonds is 7. The first-order chi connectivity index (χ1) is 7.64. The molecular weight excluding hydrogens is 206 g/mol. The van der Waals surface area contributed by atoms with Crippen molar-refractivity contribution >= 4 is 0 Å². The van der Waals surface area contributed by atoms with Crippen molar-refractivity contribution in [2.24, 2.45) is 16.7 Å². The maximum Gasteiger partial charge on any atom is 0.0739 e. The summed E-state index contributed by atoms with van der Waals surface area (Å²) in [5.74, 6) is 0.903. The highest BCUT2D eigenvalue weighted by atomic mass is 14.5. The van der Waals surface area contributed by atoms with Gasteiger partial charge in [0, 0.05) is 0 Å². The molecule has 0 rings (SSSR count). The Hall–Kier alpha value is -0.0400. The highest BCUT2D eigenvalue weighted by molar-refractivity contribution is 4.74. The molecule has 0 radical (unpaired) electrons. The van der Waals surface area contributed by atoms with Crippen LogP contribution in [0.1, 0.15) is 80.1 Å². The summed E-state index contributed by atoms with van der Waals surface area (Å²) in [4.78, 5) is 0. The van der Waals surface area contributed by atoms with E-state index < -0.39 is 0 Å². The monoisotopic (exact) mass is 242 g/mol. The fourth-order valence-electron chi connectivity index (χ4n) is 2.79. The molecule has 0 aromatic carbocycles. The number of quaternary nitrogens is 1. The van der Waals surface area contributed by atoms with Crippen LogP contribution in [0.4, 0.5) is 0 Å². The fourth-order valence-corrected chi connectivity index (χ4v) is 2.79. The van der Waals surface area contributed by atoms with Crippen molar-refractivity contribution in [3.63, 3.8) is 0 Å². The van der Waals surface area contributed by atoms with Crippen LogP contribution in [-0.4, -0.2) is 6.54 Å². The summed E-state index contributed by atoms with van der Waals surface area (Å²) >= 11 is 0. The molecule has 0 saturated carbocycles. The summed E-state index contributed by atoms with van der Waals surface area (Å²) in [5, 5.41) is 0. The predicted molar refractivity (Wildman–Crippen MR) is 77.9 cm³/mol. The SMILES string of the molecule is CC(C)(C)CC(CCCCC[NH3+])CC(C)(C)C. The minimum atomic E-state index is 0.474. The predicted octanol–water partition coefficient (Wildman–Crippen LogP) is 4.28. The zero-order valence-corrected chi connectivity index (χ0v) is 13.2. The van der Waals surface area contributed by atoms with Crippen molar-refractivity contribution < 1.29 is 5.73 Å². The molecule has 0 aliphatic rings. The van der Waals surface area contributed by atoms with Crippen molar-refractivity contribution in [2.75, 3.05) is 6.54 Å². The Bertz CT molecular complexity index is 167. The Kier molecular flexibility index (Phi) is 7.39. The van der Waals surface area contributed by atoms with Gasteiger partial charge in [0.2, 0.25) is 0 Å². The van der Waals surface area contributed by atoms with Gasteiger partial charge in [-0.15, -0.1) is 0 Å². The minimum absolute atomic E-state index is 0.474. The van der Waals surface area contributed by atoms with Gasteiger partial charge in [-0.2, -0.15) is 0 Å². The molecule has 0 heterocycles. The van der Waals surface area contributed by atoms with Gasteiger partial charge in [-0.1, -0.05) is 54.4 Å². The number of unbranched alkanes of at least 4 members (excludes halogenated alkanes) is 2. The molecular formula is C16H36N+. The van der Waals surface area contributed by atoms with Gasteiger partial charge < -0.3 is 5.73 Å². The van der Waals surface area contributed by atoms with Gasteiger partial charge in [0.15, 0.2) is 0 Å².